The summed E-state index contributed by atoms with van der Waals surface area (Å²) in [6.45, 7) is 0. The first-order valence-corrected chi connectivity index (χ1v) is 5.48. The highest BCUT2D eigenvalue weighted by Gasteiger charge is 2.18. The van der Waals surface area contributed by atoms with E-state index < -0.39 is 17.9 Å². The van der Waals surface area contributed by atoms with Crippen molar-refractivity contribution in [3.05, 3.63) is 21.0 Å². The number of nitrogens with zero attached hydrogens (tertiary/aromatic N) is 1. The Morgan fingerprint density at radius 3 is 2.69 bits per heavy atom. The van der Waals surface area contributed by atoms with Gasteiger partial charge in [-0.25, -0.2) is 13.8 Å². The van der Waals surface area contributed by atoms with Gasteiger partial charge in [-0.3, -0.25) is 0 Å². The average molecular weight is 364 g/mol. The lowest BCUT2D eigenvalue weighted by molar-refractivity contribution is 0.141. The van der Waals surface area contributed by atoms with E-state index in [9.17, 15) is 13.9 Å². The quantitative estimate of drug-likeness (QED) is 0.497. The molecule has 0 spiro atoms. The zero-order chi connectivity index (χ0) is 10.0. The Labute approximate surface area is 95.6 Å². The Morgan fingerprint density at radius 2 is 2.23 bits per heavy atom. The van der Waals surface area contributed by atoms with Crippen LogP contribution in [0.1, 0.15) is 17.7 Å². The highest BCUT2D eigenvalue weighted by atomic mass is 127. The number of hydrogen-bond acceptors (Lipinski definition) is 2. The van der Waals surface area contributed by atoms with Crippen LogP contribution in [0.4, 0.5) is 8.78 Å². The van der Waals surface area contributed by atoms with Crippen LogP contribution < -0.4 is 0 Å². The van der Waals surface area contributed by atoms with Crippen LogP contribution in [0.3, 0.4) is 0 Å². The maximum Gasteiger partial charge on any atom is 0.284 e. The predicted octanol–water partition coefficient (Wildman–Crippen LogP) is 3.22. The van der Waals surface area contributed by atoms with Crippen molar-refractivity contribution >= 4 is 38.5 Å². The number of aromatic nitrogens is 1. The minimum absolute atomic E-state index is 0.330. The van der Waals surface area contributed by atoms with Gasteiger partial charge in [0.1, 0.15) is 15.1 Å². The molecule has 0 fully saturated rings. The molecule has 1 rings (SSSR count). The molecule has 0 aliphatic carbocycles. The molecule has 0 aromatic carbocycles. The van der Waals surface area contributed by atoms with E-state index in [1.807, 2.05) is 22.6 Å². The van der Waals surface area contributed by atoms with Crippen molar-refractivity contribution in [2.75, 3.05) is 0 Å². The summed E-state index contributed by atoms with van der Waals surface area (Å²) in [5.74, 6) is -0.424. The molecule has 0 aliphatic rings. The van der Waals surface area contributed by atoms with Gasteiger partial charge in [0.25, 0.3) is 6.43 Å². The molecule has 6 heteroatoms. The maximum atomic E-state index is 12.3. The standard InChI is InChI=1S/C7H5BrF2INO/c8-2-3-1-4(11)12-5(6(3)13)7(9)10/h1,7,13H,2H2. The van der Waals surface area contributed by atoms with Gasteiger partial charge in [-0.15, -0.1) is 0 Å². The molecule has 0 saturated heterocycles. The van der Waals surface area contributed by atoms with E-state index in [0.29, 0.717) is 14.6 Å². The summed E-state index contributed by atoms with van der Waals surface area (Å²) in [7, 11) is 0. The van der Waals surface area contributed by atoms with Crippen molar-refractivity contribution in [3.63, 3.8) is 0 Å². The Kier molecular flexibility index (Phi) is 3.84. The van der Waals surface area contributed by atoms with Crippen LogP contribution in [0.5, 0.6) is 5.75 Å². The molecule has 0 aliphatic heterocycles. The topological polar surface area (TPSA) is 33.1 Å². The minimum atomic E-state index is -2.74. The first-order chi connectivity index (χ1) is 6.06. The van der Waals surface area contributed by atoms with E-state index >= 15 is 0 Å². The summed E-state index contributed by atoms with van der Waals surface area (Å²) in [6, 6.07) is 1.55. The van der Waals surface area contributed by atoms with Gasteiger partial charge in [-0.1, -0.05) is 15.9 Å². The molecular formula is C7H5BrF2INO. The zero-order valence-corrected chi connectivity index (χ0v) is 10.0. The van der Waals surface area contributed by atoms with Crippen LogP contribution in [0.25, 0.3) is 0 Å². The third-order valence-corrected chi connectivity index (χ3v) is 2.57. The lowest BCUT2D eigenvalue weighted by atomic mass is 10.2. The summed E-state index contributed by atoms with van der Waals surface area (Å²) >= 11 is 4.92. The van der Waals surface area contributed by atoms with Crippen molar-refractivity contribution in [2.45, 2.75) is 11.8 Å². The van der Waals surface area contributed by atoms with Gasteiger partial charge in [0.15, 0.2) is 0 Å². The highest BCUT2D eigenvalue weighted by molar-refractivity contribution is 14.1. The number of hydrogen-bond donors (Lipinski definition) is 1. The smallest absolute Gasteiger partial charge is 0.284 e. The first-order valence-electron chi connectivity index (χ1n) is 3.28. The first kappa shape index (κ1) is 11.1. The van der Waals surface area contributed by atoms with Gasteiger partial charge in [0.05, 0.1) is 0 Å². The second-order valence-corrected chi connectivity index (χ2v) is 3.94. The van der Waals surface area contributed by atoms with Crippen LogP contribution in [-0.4, -0.2) is 10.1 Å². The van der Waals surface area contributed by atoms with Gasteiger partial charge in [0, 0.05) is 10.9 Å². The second-order valence-electron chi connectivity index (χ2n) is 2.27. The average Bonchev–Trinajstić information content (AvgIpc) is 2.08. The van der Waals surface area contributed by atoms with E-state index in [1.54, 1.807) is 6.07 Å². The van der Waals surface area contributed by atoms with E-state index in [4.69, 9.17) is 0 Å². The fourth-order valence-electron chi connectivity index (χ4n) is 0.831. The Balaban J connectivity index is 3.27. The van der Waals surface area contributed by atoms with Crippen molar-refractivity contribution in [1.82, 2.24) is 4.98 Å². The molecule has 0 bridgehead atoms. The second kappa shape index (κ2) is 4.50. The molecule has 1 aromatic heterocycles. The normalized spacial score (nSPS) is 10.8. The molecule has 13 heavy (non-hydrogen) atoms. The summed E-state index contributed by atoms with van der Waals surface area (Å²) in [4.78, 5) is 3.55. The molecule has 0 radical (unpaired) electrons. The lowest BCUT2D eigenvalue weighted by Crippen LogP contribution is -1.96. The Morgan fingerprint density at radius 1 is 1.62 bits per heavy atom. The number of alkyl halides is 3. The number of rotatable bonds is 2. The summed E-state index contributed by atoms with van der Waals surface area (Å²) in [5.41, 5.74) is -0.129. The molecule has 2 nitrogen and oxygen atoms in total. The largest absolute Gasteiger partial charge is 0.505 e. The highest BCUT2D eigenvalue weighted by Crippen LogP contribution is 2.31. The number of halogens is 4. The Hall–Kier alpha value is 0.0200. The molecule has 0 amide bonds. The van der Waals surface area contributed by atoms with Gasteiger partial charge in [-0.05, 0) is 28.7 Å². The maximum absolute atomic E-state index is 12.3. The van der Waals surface area contributed by atoms with Crippen LogP contribution in [-0.2, 0) is 5.33 Å². The van der Waals surface area contributed by atoms with Crippen LogP contribution >= 0.6 is 38.5 Å². The summed E-state index contributed by atoms with van der Waals surface area (Å²) < 4.78 is 25.0. The van der Waals surface area contributed by atoms with E-state index in [2.05, 4.69) is 20.9 Å². The van der Waals surface area contributed by atoms with E-state index in [0.717, 1.165) is 0 Å². The summed E-state index contributed by atoms with van der Waals surface area (Å²) in [5, 5.41) is 9.64. The summed E-state index contributed by atoms with van der Waals surface area (Å²) in [6.07, 6.45) is -2.74. The number of pyridine rings is 1. The molecular weight excluding hydrogens is 359 g/mol. The lowest BCUT2D eigenvalue weighted by Gasteiger charge is -2.06. The van der Waals surface area contributed by atoms with E-state index in [1.165, 1.54) is 0 Å². The molecule has 0 unspecified atom stereocenters. The zero-order valence-electron chi connectivity index (χ0n) is 6.27. The fourth-order valence-corrected chi connectivity index (χ4v) is 1.89. The van der Waals surface area contributed by atoms with Crippen LogP contribution in [0, 0.1) is 3.70 Å². The molecule has 72 valence electrons. The van der Waals surface area contributed by atoms with Crippen molar-refractivity contribution in [3.8, 4) is 5.75 Å². The predicted molar refractivity (Wildman–Crippen MR) is 56.2 cm³/mol. The van der Waals surface area contributed by atoms with Crippen molar-refractivity contribution in [1.29, 1.82) is 0 Å². The molecule has 0 saturated carbocycles. The number of aromatic hydroxyl groups is 1. The van der Waals surface area contributed by atoms with Gasteiger partial charge < -0.3 is 5.11 Å². The monoisotopic (exact) mass is 363 g/mol. The SMILES string of the molecule is Oc1c(CBr)cc(I)nc1C(F)F. The van der Waals surface area contributed by atoms with Gasteiger partial charge >= 0.3 is 0 Å². The minimum Gasteiger partial charge on any atom is -0.505 e. The third-order valence-electron chi connectivity index (χ3n) is 1.42. The van der Waals surface area contributed by atoms with Crippen LogP contribution in [0.15, 0.2) is 6.07 Å². The molecule has 1 N–H and O–H groups in total. The van der Waals surface area contributed by atoms with Crippen molar-refractivity contribution in [2.24, 2.45) is 0 Å². The fraction of sp³-hybridized carbons (Fsp3) is 0.286. The third kappa shape index (κ3) is 2.49. The Bertz CT molecular complexity index is 322. The van der Waals surface area contributed by atoms with Crippen molar-refractivity contribution < 1.29 is 13.9 Å². The van der Waals surface area contributed by atoms with E-state index in [-0.39, 0.29) is 0 Å². The molecule has 0 atom stereocenters. The van der Waals surface area contributed by atoms with Gasteiger partial charge in [-0.2, -0.15) is 0 Å². The molecule has 1 heterocycles. The van der Waals surface area contributed by atoms with Crippen LogP contribution in [0.2, 0.25) is 0 Å². The molecule has 1 aromatic rings. The van der Waals surface area contributed by atoms with Gasteiger partial charge in [0.2, 0.25) is 0 Å².